The van der Waals surface area contributed by atoms with Gasteiger partial charge in [-0.2, -0.15) is 0 Å². The molecule has 0 aromatic heterocycles. The molecule has 0 bridgehead atoms. The summed E-state index contributed by atoms with van der Waals surface area (Å²) in [7, 11) is 0. The molecule has 7 aromatic carbocycles. The Balaban J connectivity index is 1.67. The number of halogens is 3. The first-order valence-corrected chi connectivity index (χ1v) is 32.7. The van der Waals surface area contributed by atoms with E-state index in [1.54, 1.807) is 5.56 Å². The van der Waals surface area contributed by atoms with Crippen molar-refractivity contribution >= 4 is 67.8 Å². The first kappa shape index (κ1) is 59.4. The van der Waals surface area contributed by atoms with E-state index in [-0.39, 0.29) is 5.41 Å². The molecule has 0 spiro atoms. The van der Waals surface area contributed by atoms with Gasteiger partial charge in [-0.15, -0.1) is 0 Å². The van der Waals surface area contributed by atoms with Crippen LogP contribution in [0.1, 0.15) is 208 Å². The van der Waals surface area contributed by atoms with Gasteiger partial charge in [-0.1, -0.05) is 258 Å². The zero-order chi connectivity index (χ0) is 53.2. The monoisotopic (exact) mass is 1330 g/mol. The highest BCUT2D eigenvalue weighted by Crippen LogP contribution is 2.54. The maximum Gasteiger partial charge on any atom is 0.0707 e. The Labute approximate surface area is 497 Å². The number of rotatable bonds is 29. The average molecular weight is 1330 g/mol. The number of unbranched alkanes of at least 4 members (excludes halogenated alkanes) is 7. The second-order valence-electron chi connectivity index (χ2n) is 21.7. The van der Waals surface area contributed by atoms with Crippen LogP contribution in [0.2, 0.25) is 0 Å². The predicted octanol–water partition coefficient (Wildman–Crippen LogP) is 23.1. The van der Waals surface area contributed by atoms with Crippen LogP contribution < -0.4 is 0 Å². The van der Waals surface area contributed by atoms with Crippen LogP contribution in [0.15, 0.2) is 146 Å². The van der Waals surface area contributed by atoms with Crippen LogP contribution in [0.5, 0.6) is 0 Å². The molecular formula is C72H87I3. The van der Waals surface area contributed by atoms with E-state index < -0.39 is 5.41 Å². The number of hydrogen-bond acceptors (Lipinski definition) is 0. The molecule has 0 fully saturated rings. The van der Waals surface area contributed by atoms with Gasteiger partial charge in [0.2, 0.25) is 0 Å². The van der Waals surface area contributed by atoms with E-state index in [2.05, 4.69) is 262 Å². The molecule has 0 saturated carbocycles. The number of benzene rings is 7. The van der Waals surface area contributed by atoms with E-state index in [1.807, 2.05) is 0 Å². The molecule has 0 saturated heterocycles. The van der Waals surface area contributed by atoms with Gasteiger partial charge in [0.15, 0.2) is 0 Å². The lowest BCUT2D eigenvalue weighted by Gasteiger charge is -2.45. The summed E-state index contributed by atoms with van der Waals surface area (Å²) in [5, 5.41) is 0. The molecule has 7 aromatic rings. The van der Waals surface area contributed by atoms with Gasteiger partial charge in [0, 0.05) is 21.8 Å². The Bertz CT molecular complexity index is 2820. The van der Waals surface area contributed by atoms with Gasteiger partial charge in [0.1, 0.15) is 0 Å². The maximum atomic E-state index is 2.78. The van der Waals surface area contributed by atoms with Crippen LogP contribution in [0, 0.1) is 10.7 Å². The summed E-state index contributed by atoms with van der Waals surface area (Å²) in [6.07, 6.45) is 25.1. The number of aryl methyl sites for hydroxylation is 4. The number of hydrogen-bond donors (Lipinski definition) is 0. The largest absolute Gasteiger partial charge is 0.0707 e. The fraction of sp³-hybridized carbons (Fsp3) is 0.417. The highest BCUT2D eigenvalue weighted by Gasteiger charge is 2.45. The molecule has 0 amide bonds. The Morgan fingerprint density at radius 2 is 0.707 bits per heavy atom. The highest BCUT2D eigenvalue weighted by atomic mass is 127. The lowest BCUT2D eigenvalue weighted by atomic mass is 9.58. The summed E-state index contributed by atoms with van der Waals surface area (Å²) in [4.78, 5) is 0. The molecular weight excluding hydrogens is 1250 g/mol. The molecule has 1 atom stereocenters. The van der Waals surface area contributed by atoms with E-state index in [0.717, 1.165) is 25.7 Å². The minimum atomic E-state index is -0.589. The molecule has 7 rings (SSSR count). The standard InChI is InChI=1S/C72H87I3/c1-8-15-28-53-36-42-60(43-37-53)72(62-46-38-54(29-16-9-2)51-59(62)31-18-11-4,63-47-39-55(30-17-10-3)52-64(63)71(48-19-12-5,49-20-13-6)50-21-14-7)61-44-40-58(41-45-61)67-65(56-32-24-22-25-33-56)66(57-34-26-23-27-35-57)68(73)70(75)69(67)74/h22-27,32-47,51-52H,8-21,28-31,48-50H2,1-7H3. The van der Waals surface area contributed by atoms with Crippen LogP contribution in [-0.2, 0) is 36.5 Å². The van der Waals surface area contributed by atoms with Crippen molar-refractivity contribution in [3.8, 4) is 33.4 Å². The fourth-order valence-electron chi connectivity index (χ4n) is 12.2. The average Bonchev–Trinajstić information content (AvgIpc) is 3.46. The van der Waals surface area contributed by atoms with Gasteiger partial charge in [-0.05, 0) is 216 Å². The third kappa shape index (κ3) is 13.8. The van der Waals surface area contributed by atoms with Crippen molar-refractivity contribution in [2.24, 2.45) is 0 Å². The predicted molar refractivity (Wildman–Crippen MR) is 354 cm³/mol. The second-order valence-corrected chi connectivity index (χ2v) is 24.9. The molecule has 0 radical (unpaired) electrons. The molecule has 0 aliphatic carbocycles. The SMILES string of the molecule is CCCCc1ccc(C(c2ccc(-c3c(I)c(I)c(I)c(-c4ccccc4)c3-c3ccccc3)cc2)(c2ccc(CCCC)cc2CCCC)c2ccc(CCCC)cc2C(CCCC)(CCCC)CCCC)cc1. The highest BCUT2D eigenvalue weighted by molar-refractivity contribution is 14.1. The van der Waals surface area contributed by atoms with Gasteiger partial charge in [0.25, 0.3) is 0 Å². The Kier molecular flexibility index (Phi) is 23.5. The van der Waals surface area contributed by atoms with Crippen LogP contribution in [0.4, 0.5) is 0 Å². The smallest absolute Gasteiger partial charge is 0.0654 e. The van der Waals surface area contributed by atoms with Crippen molar-refractivity contribution in [3.63, 3.8) is 0 Å². The van der Waals surface area contributed by atoms with E-state index in [4.69, 9.17) is 0 Å². The molecule has 0 aliphatic heterocycles. The zero-order valence-corrected chi connectivity index (χ0v) is 53.3. The first-order valence-electron chi connectivity index (χ1n) is 29.4. The fourth-order valence-corrected chi connectivity index (χ4v) is 14.9. The van der Waals surface area contributed by atoms with Crippen molar-refractivity contribution < 1.29 is 0 Å². The molecule has 1 unspecified atom stereocenters. The molecule has 3 heteroatoms. The Morgan fingerprint density at radius 1 is 0.320 bits per heavy atom. The minimum Gasteiger partial charge on any atom is -0.0654 e. The molecule has 0 nitrogen and oxygen atoms in total. The van der Waals surface area contributed by atoms with Gasteiger partial charge in [-0.25, -0.2) is 0 Å². The molecule has 0 aliphatic rings. The third-order valence-electron chi connectivity index (χ3n) is 16.4. The molecule has 0 heterocycles. The summed E-state index contributed by atoms with van der Waals surface area (Å²) < 4.78 is 3.92. The normalized spacial score (nSPS) is 12.6. The summed E-state index contributed by atoms with van der Waals surface area (Å²) in [5.41, 5.74) is 20.5. The summed E-state index contributed by atoms with van der Waals surface area (Å²) in [5.74, 6) is 0. The molecule has 0 N–H and O–H groups in total. The van der Waals surface area contributed by atoms with Crippen molar-refractivity contribution in [2.75, 3.05) is 0 Å². The lowest BCUT2D eigenvalue weighted by molar-refractivity contribution is 0.305. The van der Waals surface area contributed by atoms with Crippen LogP contribution in [-0.4, -0.2) is 0 Å². The van der Waals surface area contributed by atoms with Crippen molar-refractivity contribution in [3.05, 3.63) is 206 Å². The molecule has 75 heavy (non-hydrogen) atoms. The van der Waals surface area contributed by atoms with Crippen molar-refractivity contribution in [1.82, 2.24) is 0 Å². The quantitative estimate of drug-likeness (QED) is 0.0249. The maximum absolute atomic E-state index is 2.78. The Morgan fingerprint density at radius 3 is 1.19 bits per heavy atom. The molecule has 396 valence electrons. The van der Waals surface area contributed by atoms with E-state index in [0.29, 0.717) is 0 Å². The van der Waals surface area contributed by atoms with E-state index in [9.17, 15) is 0 Å². The van der Waals surface area contributed by atoms with Crippen molar-refractivity contribution in [2.45, 2.75) is 194 Å². The summed E-state index contributed by atoms with van der Waals surface area (Å²) >= 11 is 7.91. The van der Waals surface area contributed by atoms with Crippen LogP contribution in [0.3, 0.4) is 0 Å². The van der Waals surface area contributed by atoms with Gasteiger partial charge in [0.05, 0.1) is 5.41 Å². The van der Waals surface area contributed by atoms with Crippen molar-refractivity contribution in [1.29, 1.82) is 0 Å². The van der Waals surface area contributed by atoms with E-state index in [1.165, 1.54) is 198 Å². The Hall–Kier alpha value is -3.27. The van der Waals surface area contributed by atoms with Crippen LogP contribution >= 0.6 is 67.8 Å². The van der Waals surface area contributed by atoms with E-state index >= 15 is 0 Å². The second kappa shape index (κ2) is 29.6. The third-order valence-corrected chi connectivity index (χ3v) is 21.7. The summed E-state index contributed by atoms with van der Waals surface area (Å²) in [6, 6.07) is 58.4. The van der Waals surface area contributed by atoms with Gasteiger partial charge >= 0.3 is 0 Å². The van der Waals surface area contributed by atoms with Gasteiger partial charge < -0.3 is 0 Å². The summed E-state index contributed by atoms with van der Waals surface area (Å²) in [6.45, 7) is 16.6. The minimum absolute atomic E-state index is 0.0584. The first-order chi connectivity index (χ1) is 36.7. The van der Waals surface area contributed by atoms with Gasteiger partial charge in [-0.3, -0.25) is 0 Å². The topological polar surface area (TPSA) is 0 Å². The zero-order valence-electron chi connectivity index (χ0n) is 46.8. The van der Waals surface area contributed by atoms with Crippen LogP contribution in [0.25, 0.3) is 33.4 Å². The lowest BCUT2D eigenvalue weighted by Crippen LogP contribution is -2.38.